The summed E-state index contributed by atoms with van der Waals surface area (Å²) in [6.45, 7) is 29.0. The zero-order valence-corrected chi connectivity index (χ0v) is 90.5. The summed E-state index contributed by atoms with van der Waals surface area (Å²) in [4.78, 5) is 85.2. The predicted molar refractivity (Wildman–Crippen MR) is 590 cm³/mol. The lowest BCUT2D eigenvalue weighted by Gasteiger charge is -2.35. The number of nitrogens with zero attached hydrogens (tertiary/aromatic N) is 13. The number of amides is 8. The topological polar surface area (TPSA) is 316 Å². The van der Waals surface area contributed by atoms with Crippen LogP contribution in [0.3, 0.4) is 0 Å². The Morgan fingerprint density at radius 3 is 0.872 bits per heavy atom. The zero-order chi connectivity index (χ0) is 104. The summed E-state index contributed by atoms with van der Waals surface area (Å²) in [5.74, 6) is 4.46. The third kappa shape index (κ3) is 25.0. The van der Waals surface area contributed by atoms with Gasteiger partial charge in [-0.3, -0.25) is 0 Å². The van der Waals surface area contributed by atoms with Crippen molar-refractivity contribution < 1.29 is 38.1 Å². The first-order valence-electron chi connectivity index (χ1n) is 52.7. The summed E-state index contributed by atoms with van der Waals surface area (Å²) < 4.78 is 23.1. The molecule has 0 saturated carbocycles. The van der Waals surface area contributed by atoms with Gasteiger partial charge in [0.2, 0.25) is 0 Å². The fourth-order valence-corrected chi connectivity index (χ4v) is 25.6. The van der Waals surface area contributed by atoms with Crippen LogP contribution >= 0.6 is 45.3 Å². The lowest BCUT2D eigenvalue weighted by atomic mass is 9.95. The number of fused-ring (bicyclic) bond motifs is 4. The molecule has 4 fully saturated rings. The summed E-state index contributed by atoms with van der Waals surface area (Å²) in [6.07, 6.45) is 26.2. The van der Waals surface area contributed by atoms with E-state index in [1.54, 1.807) is 45.3 Å². The fourth-order valence-electron chi connectivity index (χ4n) is 21.7. The van der Waals surface area contributed by atoms with E-state index in [4.69, 9.17) is 18.9 Å². The van der Waals surface area contributed by atoms with Crippen LogP contribution in [-0.2, 0) is 25.7 Å². The molecule has 4 aliphatic carbocycles. The molecule has 768 valence electrons. The number of aromatic nitrogens is 4. The largest absolute Gasteiger partial charge is 0.490 e. The van der Waals surface area contributed by atoms with E-state index in [0.29, 0.717) is 57.2 Å². The number of carbonyl (C=O) groups is 4. The van der Waals surface area contributed by atoms with Gasteiger partial charge in [-0.05, 0) is 330 Å². The van der Waals surface area contributed by atoms with E-state index in [2.05, 4.69) is 178 Å². The highest BCUT2D eigenvalue weighted by Crippen LogP contribution is 2.48. The van der Waals surface area contributed by atoms with Gasteiger partial charge in [-0.1, -0.05) is 106 Å². The van der Waals surface area contributed by atoms with E-state index in [1.165, 1.54) is 86.0 Å². The second kappa shape index (κ2) is 48.6. The first-order chi connectivity index (χ1) is 71.7. The molecule has 8 aromatic carbocycles. The number of thiazole rings is 4. The second-order valence-electron chi connectivity index (χ2n) is 41.3. The highest BCUT2D eigenvalue weighted by Gasteiger charge is 2.37. The molecular weight excluding hydrogens is 1920 g/mol. The average molecular weight is 2060 g/mol. The molecule has 25 nitrogen and oxygen atoms in total. The van der Waals surface area contributed by atoms with Crippen LogP contribution < -0.4 is 40.2 Å². The molecule has 4 N–H and O–H groups in total. The quantitative estimate of drug-likeness (QED) is 0.0462. The maximum atomic E-state index is 13.1. The van der Waals surface area contributed by atoms with Crippen LogP contribution in [0.25, 0.3) is 84.0 Å². The number of rotatable bonds is 23. The lowest BCUT2D eigenvalue weighted by molar-refractivity contribution is 0.146. The molecule has 4 aliphatic heterocycles. The molecule has 12 aromatic rings. The van der Waals surface area contributed by atoms with Crippen LogP contribution in [-0.4, -0.2) is 165 Å². The number of ether oxygens (including phenoxy) is 4. The van der Waals surface area contributed by atoms with Crippen molar-refractivity contribution in [3.05, 3.63) is 237 Å². The first-order valence-corrected chi connectivity index (χ1v) is 56.0. The number of urea groups is 4. The molecule has 8 aliphatic rings. The van der Waals surface area contributed by atoms with E-state index in [1.807, 2.05) is 173 Å². The molecule has 29 heteroatoms. The number of benzene rings is 8. The summed E-state index contributed by atoms with van der Waals surface area (Å²) >= 11 is 6.50. The predicted octanol–water partition coefficient (Wildman–Crippen LogP) is 26.3. The van der Waals surface area contributed by atoms with Crippen LogP contribution in [0.1, 0.15) is 257 Å². The Morgan fingerprint density at radius 1 is 0.365 bits per heavy atom. The van der Waals surface area contributed by atoms with Crippen LogP contribution in [0.2, 0.25) is 0 Å². The van der Waals surface area contributed by atoms with E-state index in [-0.39, 0.29) is 72.7 Å². The maximum absolute atomic E-state index is 13.1. The highest BCUT2D eigenvalue weighted by atomic mass is 32.1. The van der Waals surface area contributed by atoms with Crippen molar-refractivity contribution in [2.45, 2.75) is 246 Å². The number of likely N-dealkylation sites (tertiary alicyclic amines) is 4. The van der Waals surface area contributed by atoms with Gasteiger partial charge in [0, 0.05) is 105 Å². The SMILES string of the molecule is CC(C)Oc1ccc(-c2ncc(-c3cccc4c3CC[C@@H]4NC(=O)N3CCC(N(C)C)CC3)s2)cc1C#N.CC(C)Oc1ccc(-c2ncc(-c3cccc4c3CC[C@H]4NC(=O)N3CCC[C@@H](C)C3)s2)cc1C#N.CCC1CCN(C(=O)N[C@@H]2CCc3c(-c4cnc(-c5ccc(OC(C)C)c(C#N)c5)s4)cccc32)CC1.CCC1CCN(C(=O)N[C@H]2CCc3c(-c4cnc(-c5ccc(OC(C)C)c(C#N)c5)s4)cccc32)CC1. The van der Waals surface area contributed by atoms with Crippen LogP contribution in [0.4, 0.5) is 19.2 Å². The van der Waals surface area contributed by atoms with Gasteiger partial charge in [-0.2, -0.15) is 21.0 Å². The minimum Gasteiger partial charge on any atom is -0.490 e. The third-order valence-corrected chi connectivity index (χ3v) is 33.9. The van der Waals surface area contributed by atoms with Crippen molar-refractivity contribution in [1.29, 1.82) is 21.0 Å². The van der Waals surface area contributed by atoms with Crippen molar-refractivity contribution in [3.63, 3.8) is 0 Å². The van der Waals surface area contributed by atoms with Crippen LogP contribution in [0, 0.1) is 63.1 Å². The van der Waals surface area contributed by atoms with Crippen LogP contribution in [0.5, 0.6) is 23.0 Å². The molecule has 0 unspecified atom stereocenters. The molecule has 8 heterocycles. The van der Waals surface area contributed by atoms with Crippen molar-refractivity contribution in [1.82, 2.24) is 65.7 Å². The lowest BCUT2D eigenvalue weighted by Crippen LogP contribution is -2.48. The molecule has 0 bridgehead atoms. The Balaban J connectivity index is 0.000000135. The summed E-state index contributed by atoms with van der Waals surface area (Å²) in [5.41, 5.74) is 20.4. The highest BCUT2D eigenvalue weighted by molar-refractivity contribution is 7.19. The average Bonchev–Trinajstić information content (AvgIpc) is 1.64. The van der Waals surface area contributed by atoms with Gasteiger partial charge in [-0.15, -0.1) is 45.3 Å². The number of hydrogen-bond donors (Lipinski definition) is 4. The smallest absolute Gasteiger partial charge is 0.317 e. The van der Waals surface area contributed by atoms with Gasteiger partial charge >= 0.3 is 24.1 Å². The molecule has 148 heavy (non-hydrogen) atoms. The van der Waals surface area contributed by atoms with E-state index >= 15 is 0 Å². The van der Waals surface area contributed by atoms with Gasteiger partial charge in [0.15, 0.2) is 0 Å². The number of nitrogens with one attached hydrogen (secondary N) is 4. The molecule has 0 radical (unpaired) electrons. The number of piperidine rings is 4. The molecule has 4 aromatic heterocycles. The van der Waals surface area contributed by atoms with E-state index in [9.17, 15) is 40.2 Å². The van der Waals surface area contributed by atoms with Crippen molar-refractivity contribution in [2.75, 3.05) is 66.5 Å². The number of nitriles is 4. The summed E-state index contributed by atoms with van der Waals surface area (Å²) in [7, 11) is 4.23. The Hall–Kier alpha value is -13.5. The van der Waals surface area contributed by atoms with Gasteiger partial charge < -0.3 is 64.7 Å². The van der Waals surface area contributed by atoms with Gasteiger partial charge in [0.1, 0.15) is 67.3 Å². The van der Waals surface area contributed by atoms with Crippen LogP contribution in [0.15, 0.2) is 170 Å². The number of carbonyl (C=O) groups excluding carboxylic acids is 4. The molecule has 20 rings (SSSR count). The summed E-state index contributed by atoms with van der Waals surface area (Å²) in [5, 5.41) is 55.1. The first kappa shape index (κ1) is 106. The maximum Gasteiger partial charge on any atom is 0.317 e. The Kier molecular flexibility index (Phi) is 34.8. The molecule has 8 amide bonds. The van der Waals surface area contributed by atoms with E-state index in [0.717, 1.165) is 222 Å². The summed E-state index contributed by atoms with van der Waals surface area (Å²) in [6, 6.07) is 58.1. The molecule has 0 spiro atoms. The minimum atomic E-state index is 0.00323. The standard InChI is InChI=1S/C30H35N5O2S.2C30H34N4O2S.C29H32N4O2S/c1-19(2)37-27-11-8-20(16-21(27)17-31)29-32-18-28(38-29)25-7-5-6-24-23(25)9-10-26(24)33-30(36)35-14-12-22(13-15-35)34(3)4;2*1-4-20-12-14-34(15-13-20)30(35)33-26-10-9-23-24(26)6-5-7-25(23)28-18-32-29(37-28)21-8-11-27(36-19(2)3)22(16-21)17-31;1-18(2)35-26-12-9-20(14-21(26)15-30)28-31-16-27(36-28)24-8-4-7-23-22(24)10-11-25(23)32-29(34)33-13-5-6-19(3)17-33/h5-8,11,16,18-19,22,26H,9-10,12-15H2,1-4H3,(H,33,36);2*5-8,11,16,18-20,26H,4,9-10,12-15H2,1-3H3,(H,33,35);4,7-9,12,14,16,18-19,25H,5-6,10-11,13,17H2,1-3H3,(H,32,34)/t3*26-;19-,25-/m0101/s1. The third-order valence-electron chi connectivity index (χ3n) is 29.6. The minimum absolute atomic E-state index is 0.00323. The van der Waals surface area contributed by atoms with Crippen molar-refractivity contribution in [3.8, 4) is 131 Å². The molecular formula is C119H135N17O8S4. The molecule has 5 atom stereocenters. The molecule has 4 saturated heterocycles. The fraction of sp³-hybridized carbons (Fsp3) is 0.429. The zero-order valence-electron chi connectivity index (χ0n) is 87.2. The van der Waals surface area contributed by atoms with Gasteiger partial charge in [0.25, 0.3) is 0 Å². The monoisotopic (exact) mass is 2060 g/mol. The van der Waals surface area contributed by atoms with Gasteiger partial charge in [-0.25, -0.2) is 39.1 Å². The Labute approximate surface area is 887 Å². The van der Waals surface area contributed by atoms with Crippen molar-refractivity contribution >= 4 is 69.5 Å². The van der Waals surface area contributed by atoms with E-state index < -0.39 is 0 Å². The van der Waals surface area contributed by atoms with Gasteiger partial charge in [0.05, 0.1) is 90.3 Å². The Morgan fingerprint density at radius 2 is 0.628 bits per heavy atom. The second-order valence-corrected chi connectivity index (χ2v) is 45.4. The number of hydrogen-bond acceptors (Lipinski definition) is 21. The normalized spacial score (nSPS) is 17.9. The van der Waals surface area contributed by atoms with Crippen molar-refractivity contribution in [2.24, 2.45) is 17.8 Å². The Bertz CT molecular complexity index is 6720.